The SMILES string of the molecule is CCN(CC)CCNC(=O)c1cc2ccccc2n(CC)c1=O.Cl. The Morgan fingerprint density at radius 3 is 2.46 bits per heavy atom. The van der Waals surface area contributed by atoms with Gasteiger partial charge in [0.1, 0.15) is 5.56 Å². The molecule has 0 bridgehead atoms. The second-order valence-corrected chi connectivity index (χ2v) is 5.45. The molecule has 0 fully saturated rings. The summed E-state index contributed by atoms with van der Waals surface area (Å²) in [5, 5.41) is 3.77. The number of aromatic nitrogens is 1. The Morgan fingerprint density at radius 2 is 1.83 bits per heavy atom. The first-order valence-electron chi connectivity index (χ1n) is 8.25. The van der Waals surface area contributed by atoms with Crippen molar-refractivity contribution in [2.24, 2.45) is 0 Å². The van der Waals surface area contributed by atoms with Gasteiger partial charge in [-0.25, -0.2) is 0 Å². The molecule has 6 heteroatoms. The quantitative estimate of drug-likeness (QED) is 0.834. The van der Waals surface area contributed by atoms with Crippen LogP contribution in [0.15, 0.2) is 35.1 Å². The van der Waals surface area contributed by atoms with Gasteiger partial charge in [-0.05, 0) is 37.5 Å². The van der Waals surface area contributed by atoms with E-state index in [1.165, 1.54) is 0 Å². The van der Waals surface area contributed by atoms with Gasteiger partial charge in [0.25, 0.3) is 11.5 Å². The van der Waals surface area contributed by atoms with Gasteiger partial charge in [0.2, 0.25) is 0 Å². The highest BCUT2D eigenvalue weighted by Gasteiger charge is 2.14. The normalized spacial score (nSPS) is 10.7. The lowest BCUT2D eigenvalue weighted by molar-refractivity contribution is 0.0947. The molecule has 1 aromatic heterocycles. The second-order valence-electron chi connectivity index (χ2n) is 5.45. The molecule has 1 heterocycles. The lowest BCUT2D eigenvalue weighted by Gasteiger charge is -2.18. The van der Waals surface area contributed by atoms with Gasteiger partial charge in [-0.2, -0.15) is 0 Å². The molecule has 0 saturated carbocycles. The predicted molar refractivity (Wildman–Crippen MR) is 101 cm³/mol. The minimum atomic E-state index is -0.296. The maximum absolute atomic E-state index is 12.6. The molecule has 0 radical (unpaired) electrons. The van der Waals surface area contributed by atoms with E-state index in [1.54, 1.807) is 10.6 Å². The number of amides is 1. The number of nitrogens with zero attached hydrogens (tertiary/aromatic N) is 2. The molecule has 0 atom stereocenters. The van der Waals surface area contributed by atoms with Gasteiger partial charge in [0, 0.05) is 19.6 Å². The Hall–Kier alpha value is -1.85. The van der Waals surface area contributed by atoms with Crippen molar-refractivity contribution in [3.63, 3.8) is 0 Å². The molecule has 0 aliphatic heterocycles. The third-order valence-electron chi connectivity index (χ3n) is 4.17. The molecule has 0 aliphatic carbocycles. The largest absolute Gasteiger partial charge is 0.351 e. The third-order valence-corrected chi connectivity index (χ3v) is 4.17. The van der Waals surface area contributed by atoms with Crippen LogP contribution in [0.2, 0.25) is 0 Å². The van der Waals surface area contributed by atoms with Crippen molar-refractivity contribution in [2.45, 2.75) is 27.3 Å². The molecule has 1 N–H and O–H groups in total. The lowest BCUT2D eigenvalue weighted by Crippen LogP contribution is -2.37. The second kappa shape index (κ2) is 9.45. The van der Waals surface area contributed by atoms with Crippen molar-refractivity contribution in [3.8, 4) is 0 Å². The fourth-order valence-electron chi connectivity index (χ4n) is 2.77. The molecule has 2 aromatic rings. The van der Waals surface area contributed by atoms with Gasteiger partial charge in [0.05, 0.1) is 5.52 Å². The number of nitrogens with one attached hydrogen (secondary N) is 1. The minimum Gasteiger partial charge on any atom is -0.351 e. The average molecular weight is 352 g/mol. The molecule has 0 unspecified atom stereocenters. The van der Waals surface area contributed by atoms with Crippen molar-refractivity contribution in [3.05, 3.63) is 46.2 Å². The van der Waals surface area contributed by atoms with Crippen molar-refractivity contribution < 1.29 is 4.79 Å². The van der Waals surface area contributed by atoms with Gasteiger partial charge >= 0.3 is 0 Å². The zero-order valence-corrected chi connectivity index (χ0v) is 15.4. The fourth-order valence-corrected chi connectivity index (χ4v) is 2.77. The standard InChI is InChI=1S/C18H25N3O2.ClH/c1-4-20(5-2)12-11-19-17(22)15-13-14-9-7-8-10-16(14)21(6-3)18(15)23;/h7-10,13H,4-6,11-12H2,1-3H3,(H,19,22);1H. The number of fused-ring (bicyclic) bond motifs is 1. The van der Waals surface area contributed by atoms with Crippen LogP contribution < -0.4 is 10.9 Å². The van der Waals surface area contributed by atoms with Crippen LogP contribution in [-0.2, 0) is 6.54 Å². The number of carbonyl (C=O) groups is 1. The van der Waals surface area contributed by atoms with Gasteiger partial charge in [-0.3, -0.25) is 9.59 Å². The smallest absolute Gasteiger partial charge is 0.263 e. The topological polar surface area (TPSA) is 54.3 Å². The first-order valence-corrected chi connectivity index (χ1v) is 8.25. The highest BCUT2D eigenvalue weighted by atomic mass is 35.5. The van der Waals surface area contributed by atoms with E-state index in [0.29, 0.717) is 13.1 Å². The minimum absolute atomic E-state index is 0. The molecular weight excluding hydrogens is 326 g/mol. The average Bonchev–Trinajstić information content (AvgIpc) is 2.58. The molecule has 24 heavy (non-hydrogen) atoms. The first-order chi connectivity index (χ1) is 11.1. The number of pyridine rings is 1. The van der Waals surface area contributed by atoms with Crippen LogP contribution in [0.5, 0.6) is 0 Å². The Balaban J connectivity index is 0.00000288. The number of carbonyl (C=O) groups excluding carboxylic acids is 1. The van der Waals surface area contributed by atoms with E-state index in [2.05, 4.69) is 24.1 Å². The summed E-state index contributed by atoms with van der Waals surface area (Å²) in [6.07, 6.45) is 0. The number of benzene rings is 1. The predicted octanol–water partition coefficient (Wildman–Crippen LogP) is 2.51. The van der Waals surface area contributed by atoms with Crippen molar-refractivity contribution >= 4 is 29.2 Å². The third kappa shape index (κ3) is 4.36. The maximum Gasteiger partial charge on any atom is 0.263 e. The first kappa shape index (κ1) is 20.2. The van der Waals surface area contributed by atoms with Crippen LogP contribution >= 0.6 is 12.4 Å². The zero-order valence-electron chi connectivity index (χ0n) is 14.5. The molecule has 0 saturated heterocycles. The highest BCUT2D eigenvalue weighted by molar-refractivity contribution is 5.97. The summed E-state index contributed by atoms with van der Waals surface area (Å²) in [6.45, 7) is 9.86. The number of para-hydroxylation sites is 1. The summed E-state index contributed by atoms with van der Waals surface area (Å²) < 4.78 is 1.65. The Kier molecular flexibility index (Phi) is 7.95. The van der Waals surface area contributed by atoms with Crippen LogP contribution in [0, 0.1) is 0 Å². The highest BCUT2D eigenvalue weighted by Crippen LogP contribution is 2.13. The molecule has 132 valence electrons. The van der Waals surface area contributed by atoms with Crippen LogP contribution in [0.25, 0.3) is 10.9 Å². The summed E-state index contributed by atoms with van der Waals surface area (Å²) in [6, 6.07) is 9.33. The molecule has 1 aromatic carbocycles. The zero-order chi connectivity index (χ0) is 16.8. The number of likely N-dealkylation sites (N-methyl/N-ethyl adjacent to an activating group) is 1. The number of hydrogen-bond acceptors (Lipinski definition) is 3. The van der Waals surface area contributed by atoms with Crippen molar-refractivity contribution in [1.29, 1.82) is 0 Å². The molecule has 5 nitrogen and oxygen atoms in total. The number of hydrogen-bond donors (Lipinski definition) is 1. The molecule has 0 aliphatic rings. The van der Waals surface area contributed by atoms with E-state index in [-0.39, 0.29) is 29.4 Å². The number of rotatable bonds is 7. The van der Waals surface area contributed by atoms with Crippen LogP contribution in [0.3, 0.4) is 0 Å². The Bertz CT molecular complexity index is 739. The maximum atomic E-state index is 12.6. The van der Waals surface area contributed by atoms with Gasteiger partial charge in [0.15, 0.2) is 0 Å². The fraction of sp³-hybridized carbons (Fsp3) is 0.444. The molecule has 0 spiro atoms. The van der Waals surface area contributed by atoms with E-state index in [9.17, 15) is 9.59 Å². The van der Waals surface area contributed by atoms with E-state index >= 15 is 0 Å². The van der Waals surface area contributed by atoms with Crippen molar-refractivity contribution in [2.75, 3.05) is 26.2 Å². The van der Waals surface area contributed by atoms with E-state index in [4.69, 9.17) is 0 Å². The summed E-state index contributed by atoms with van der Waals surface area (Å²) in [5.41, 5.74) is 0.844. The van der Waals surface area contributed by atoms with E-state index < -0.39 is 0 Å². The van der Waals surface area contributed by atoms with Crippen molar-refractivity contribution in [1.82, 2.24) is 14.8 Å². The lowest BCUT2D eigenvalue weighted by atomic mass is 10.1. The van der Waals surface area contributed by atoms with E-state index in [1.807, 2.05) is 31.2 Å². The summed E-state index contributed by atoms with van der Waals surface area (Å²) in [5.74, 6) is -0.296. The molecule has 1 amide bonds. The Morgan fingerprint density at radius 1 is 1.17 bits per heavy atom. The van der Waals surface area contributed by atoms with Crippen LogP contribution in [0.4, 0.5) is 0 Å². The summed E-state index contributed by atoms with van der Waals surface area (Å²) in [4.78, 5) is 27.2. The van der Waals surface area contributed by atoms with Crippen LogP contribution in [-0.4, -0.2) is 41.6 Å². The number of aryl methyl sites for hydroxylation is 1. The monoisotopic (exact) mass is 351 g/mol. The number of halogens is 1. The van der Waals surface area contributed by atoms with Crippen LogP contribution in [0.1, 0.15) is 31.1 Å². The molecule has 2 rings (SSSR count). The van der Waals surface area contributed by atoms with E-state index in [0.717, 1.165) is 30.5 Å². The summed E-state index contributed by atoms with van der Waals surface area (Å²) >= 11 is 0. The molecular formula is C18H26ClN3O2. The van der Waals surface area contributed by atoms with Gasteiger partial charge in [-0.1, -0.05) is 32.0 Å². The van der Waals surface area contributed by atoms with Gasteiger partial charge < -0.3 is 14.8 Å². The summed E-state index contributed by atoms with van der Waals surface area (Å²) in [7, 11) is 0. The van der Waals surface area contributed by atoms with Gasteiger partial charge in [-0.15, -0.1) is 12.4 Å². The Labute approximate surface area is 149 Å².